The second kappa shape index (κ2) is 4.87. The highest BCUT2D eigenvalue weighted by Crippen LogP contribution is 2.39. The highest BCUT2D eigenvalue weighted by Gasteiger charge is 2.38. The number of allylic oxidation sites excluding steroid dienone is 1. The first-order chi connectivity index (χ1) is 8.18. The van der Waals surface area contributed by atoms with Gasteiger partial charge in [-0.3, -0.25) is 4.79 Å². The van der Waals surface area contributed by atoms with Crippen LogP contribution in [0.2, 0.25) is 0 Å². The van der Waals surface area contributed by atoms with Gasteiger partial charge in [0.05, 0.1) is 0 Å². The number of rotatable bonds is 3. The summed E-state index contributed by atoms with van der Waals surface area (Å²) in [4.78, 5) is 12.1. The van der Waals surface area contributed by atoms with Crippen LogP contribution in [0.3, 0.4) is 0 Å². The third kappa shape index (κ3) is 2.19. The van der Waals surface area contributed by atoms with Crippen molar-refractivity contribution in [3.63, 3.8) is 0 Å². The van der Waals surface area contributed by atoms with Crippen LogP contribution in [0.4, 0.5) is 0 Å². The second-order valence-electron chi connectivity index (χ2n) is 5.12. The quantitative estimate of drug-likeness (QED) is 0.717. The predicted molar refractivity (Wildman–Crippen MR) is 71.0 cm³/mol. The van der Waals surface area contributed by atoms with Gasteiger partial charge in [0.15, 0.2) is 0 Å². The largest absolute Gasteiger partial charge is 0.299 e. The van der Waals surface area contributed by atoms with Gasteiger partial charge in [-0.15, -0.1) is 6.58 Å². The number of ketones is 1. The molecule has 90 valence electrons. The van der Waals surface area contributed by atoms with Gasteiger partial charge in [-0.1, -0.05) is 49.8 Å². The lowest BCUT2D eigenvalue weighted by atomic mass is 9.66. The summed E-state index contributed by atoms with van der Waals surface area (Å²) in [5.74, 6) is 0.513. The highest BCUT2D eigenvalue weighted by molar-refractivity contribution is 5.83. The van der Waals surface area contributed by atoms with Gasteiger partial charge in [0, 0.05) is 17.8 Å². The molecule has 1 fully saturated rings. The maximum absolute atomic E-state index is 12.1. The van der Waals surface area contributed by atoms with Crippen LogP contribution < -0.4 is 0 Å². The standard InChI is InChI=1S/C16H20O/c1-3-16(2,13-9-5-4-6-10-13)14-11-7-8-12-15(14)17/h3-6,9-10,14H,1,7-8,11-12H2,2H3/t14-,16-/m1/s1. The number of hydrogen-bond acceptors (Lipinski definition) is 1. The maximum atomic E-state index is 12.1. The summed E-state index contributed by atoms with van der Waals surface area (Å²) in [5, 5.41) is 0. The van der Waals surface area contributed by atoms with Crippen LogP contribution in [0.5, 0.6) is 0 Å². The van der Waals surface area contributed by atoms with Gasteiger partial charge in [0.25, 0.3) is 0 Å². The SMILES string of the molecule is C=C[C@](C)(c1ccccc1)[C@@H]1CCCCC1=O. The van der Waals surface area contributed by atoms with Crippen molar-refractivity contribution < 1.29 is 4.79 Å². The maximum Gasteiger partial charge on any atom is 0.137 e. The van der Waals surface area contributed by atoms with Gasteiger partial charge in [0.1, 0.15) is 5.78 Å². The molecule has 0 saturated heterocycles. The number of benzene rings is 1. The Labute approximate surface area is 104 Å². The molecule has 0 aromatic heterocycles. The Hall–Kier alpha value is -1.37. The van der Waals surface area contributed by atoms with Crippen molar-refractivity contribution in [2.75, 3.05) is 0 Å². The second-order valence-corrected chi connectivity index (χ2v) is 5.12. The number of hydrogen-bond donors (Lipinski definition) is 0. The van der Waals surface area contributed by atoms with Gasteiger partial charge in [-0.05, 0) is 18.4 Å². The van der Waals surface area contributed by atoms with E-state index in [9.17, 15) is 4.79 Å². The van der Waals surface area contributed by atoms with E-state index in [2.05, 4.69) is 25.6 Å². The Bertz CT molecular complexity index is 407. The minimum Gasteiger partial charge on any atom is -0.299 e. The smallest absolute Gasteiger partial charge is 0.137 e. The van der Waals surface area contributed by atoms with Crippen LogP contribution in [0.25, 0.3) is 0 Å². The molecular weight excluding hydrogens is 208 g/mol. The third-order valence-corrected chi connectivity index (χ3v) is 4.10. The van der Waals surface area contributed by atoms with E-state index in [1.54, 1.807) is 0 Å². The van der Waals surface area contributed by atoms with Crippen molar-refractivity contribution in [3.05, 3.63) is 48.6 Å². The monoisotopic (exact) mass is 228 g/mol. The Morgan fingerprint density at radius 3 is 2.59 bits per heavy atom. The Kier molecular flexibility index (Phi) is 3.46. The molecule has 1 aliphatic carbocycles. The van der Waals surface area contributed by atoms with E-state index in [0.717, 1.165) is 25.7 Å². The van der Waals surface area contributed by atoms with E-state index in [1.807, 2.05) is 24.3 Å². The molecule has 0 spiro atoms. The van der Waals surface area contributed by atoms with Gasteiger partial charge < -0.3 is 0 Å². The fourth-order valence-corrected chi connectivity index (χ4v) is 2.88. The van der Waals surface area contributed by atoms with Crippen molar-refractivity contribution in [1.82, 2.24) is 0 Å². The first-order valence-corrected chi connectivity index (χ1v) is 6.40. The van der Waals surface area contributed by atoms with E-state index < -0.39 is 0 Å². The fourth-order valence-electron chi connectivity index (χ4n) is 2.88. The van der Waals surface area contributed by atoms with Gasteiger partial charge >= 0.3 is 0 Å². The summed E-state index contributed by atoms with van der Waals surface area (Å²) in [7, 11) is 0. The van der Waals surface area contributed by atoms with Crippen LogP contribution in [-0.4, -0.2) is 5.78 Å². The van der Waals surface area contributed by atoms with Crippen molar-refractivity contribution in [2.45, 2.75) is 38.0 Å². The molecule has 0 N–H and O–H groups in total. The molecule has 1 aromatic rings. The lowest BCUT2D eigenvalue weighted by Gasteiger charge is -2.37. The van der Waals surface area contributed by atoms with Crippen LogP contribution in [0, 0.1) is 5.92 Å². The summed E-state index contributed by atoms with van der Waals surface area (Å²) < 4.78 is 0. The first kappa shape index (κ1) is 12.1. The molecule has 1 heteroatoms. The minimum absolute atomic E-state index is 0.108. The summed E-state index contributed by atoms with van der Waals surface area (Å²) in [6, 6.07) is 10.3. The van der Waals surface area contributed by atoms with E-state index >= 15 is 0 Å². The number of carbonyl (C=O) groups is 1. The van der Waals surface area contributed by atoms with E-state index in [1.165, 1.54) is 5.56 Å². The molecular formula is C16H20O. The Balaban J connectivity index is 2.36. The van der Waals surface area contributed by atoms with Gasteiger partial charge in [0.2, 0.25) is 0 Å². The molecule has 0 amide bonds. The minimum atomic E-state index is -0.210. The highest BCUT2D eigenvalue weighted by atomic mass is 16.1. The summed E-state index contributed by atoms with van der Waals surface area (Å²) in [6.07, 6.45) is 5.90. The lowest BCUT2D eigenvalue weighted by molar-refractivity contribution is -0.126. The van der Waals surface area contributed by atoms with Crippen LogP contribution in [0.1, 0.15) is 38.2 Å². The fraction of sp³-hybridized carbons (Fsp3) is 0.438. The normalized spacial score (nSPS) is 24.1. The van der Waals surface area contributed by atoms with E-state index in [0.29, 0.717) is 5.78 Å². The van der Waals surface area contributed by atoms with Crippen molar-refractivity contribution in [1.29, 1.82) is 0 Å². The Morgan fingerprint density at radius 1 is 1.29 bits per heavy atom. The average molecular weight is 228 g/mol. The Morgan fingerprint density at radius 2 is 2.00 bits per heavy atom. The van der Waals surface area contributed by atoms with Crippen LogP contribution in [-0.2, 0) is 10.2 Å². The predicted octanol–water partition coefficient (Wildman–Crippen LogP) is 3.89. The zero-order chi connectivity index (χ0) is 12.3. The van der Waals surface area contributed by atoms with Crippen LogP contribution in [0.15, 0.2) is 43.0 Å². The lowest BCUT2D eigenvalue weighted by Crippen LogP contribution is -2.37. The first-order valence-electron chi connectivity index (χ1n) is 6.40. The molecule has 0 heterocycles. The summed E-state index contributed by atoms with van der Waals surface area (Å²) in [5.41, 5.74) is 0.994. The topological polar surface area (TPSA) is 17.1 Å². The molecule has 17 heavy (non-hydrogen) atoms. The molecule has 0 radical (unpaired) electrons. The van der Waals surface area contributed by atoms with Gasteiger partial charge in [-0.25, -0.2) is 0 Å². The molecule has 2 atom stereocenters. The van der Waals surface area contributed by atoms with Crippen molar-refractivity contribution >= 4 is 5.78 Å². The number of carbonyl (C=O) groups excluding carboxylic acids is 1. The molecule has 0 unspecified atom stereocenters. The van der Waals surface area contributed by atoms with Crippen molar-refractivity contribution in [2.24, 2.45) is 5.92 Å². The average Bonchev–Trinajstić information content (AvgIpc) is 2.39. The zero-order valence-electron chi connectivity index (χ0n) is 10.5. The van der Waals surface area contributed by atoms with Crippen LogP contribution >= 0.6 is 0 Å². The molecule has 1 aromatic carbocycles. The number of Topliss-reactive ketones (excluding diaryl/α,β-unsaturated/α-hetero) is 1. The molecule has 0 bridgehead atoms. The molecule has 1 saturated carbocycles. The van der Waals surface area contributed by atoms with E-state index in [-0.39, 0.29) is 11.3 Å². The molecule has 2 rings (SSSR count). The molecule has 1 nitrogen and oxygen atoms in total. The third-order valence-electron chi connectivity index (χ3n) is 4.10. The molecule has 0 aliphatic heterocycles. The summed E-state index contributed by atoms with van der Waals surface area (Å²) >= 11 is 0. The zero-order valence-corrected chi connectivity index (χ0v) is 10.5. The summed E-state index contributed by atoms with van der Waals surface area (Å²) in [6.45, 7) is 6.11. The van der Waals surface area contributed by atoms with Gasteiger partial charge in [-0.2, -0.15) is 0 Å². The van der Waals surface area contributed by atoms with Crippen molar-refractivity contribution in [3.8, 4) is 0 Å². The molecule has 1 aliphatic rings. The van der Waals surface area contributed by atoms with E-state index in [4.69, 9.17) is 0 Å².